The van der Waals surface area contributed by atoms with Crippen LogP contribution in [0.2, 0.25) is 0 Å². The zero-order valence-electron chi connectivity index (χ0n) is 16.7. The van der Waals surface area contributed by atoms with E-state index in [1.165, 1.54) is 21.1 Å². The summed E-state index contributed by atoms with van der Waals surface area (Å²) in [4.78, 5) is 40.7. The minimum absolute atomic E-state index is 0.188. The molecule has 0 spiro atoms. The summed E-state index contributed by atoms with van der Waals surface area (Å²) in [7, 11) is 2.76. The number of methoxy groups -OCH3 is 2. The highest BCUT2D eigenvalue weighted by atomic mass is 16.5. The van der Waals surface area contributed by atoms with E-state index < -0.39 is 24.0 Å². The molecule has 0 bridgehead atoms. The number of carbonyl (C=O) groups is 3. The van der Waals surface area contributed by atoms with E-state index in [-0.39, 0.29) is 12.3 Å². The molecular weight excluding hydrogens is 374 g/mol. The van der Waals surface area contributed by atoms with Gasteiger partial charge in [0, 0.05) is 32.0 Å². The van der Waals surface area contributed by atoms with Crippen LogP contribution in [0.5, 0.6) is 5.88 Å². The van der Waals surface area contributed by atoms with Gasteiger partial charge in [0.1, 0.15) is 12.1 Å². The van der Waals surface area contributed by atoms with Gasteiger partial charge in [-0.1, -0.05) is 36.4 Å². The maximum atomic E-state index is 12.8. The van der Waals surface area contributed by atoms with Crippen LogP contribution in [-0.4, -0.2) is 49.1 Å². The van der Waals surface area contributed by atoms with Crippen molar-refractivity contribution in [1.82, 2.24) is 15.6 Å². The summed E-state index contributed by atoms with van der Waals surface area (Å²) in [5.41, 5.74) is 1.61. The third-order valence-electron chi connectivity index (χ3n) is 4.23. The summed E-state index contributed by atoms with van der Waals surface area (Å²) >= 11 is 0. The summed E-state index contributed by atoms with van der Waals surface area (Å²) in [6.07, 6.45) is 2.05. The molecule has 1 heterocycles. The Morgan fingerprint density at radius 1 is 0.931 bits per heavy atom. The van der Waals surface area contributed by atoms with E-state index in [0.29, 0.717) is 12.3 Å². The minimum Gasteiger partial charge on any atom is -0.481 e. The second-order valence-corrected chi connectivity index (χ2v) is 6.44. The molecule has 1 aromatic carbocycles. The van der Waals surface area contributed by atoms with Gasteiger partial charge in [0.05, 0.1) is 14.2 Å². The number of pyridine rings is 1. The lowest BCUT2D eigenvalue weighted by atomic mass is 10.0. The Hall–Kier alpha value is -3.42. The first-order chi connectivity index (χ1) is 13.9. The second kappa shape index (κ2) is 10.8. The summed E-state index contributed by atoms with van der Waals surface area (Å²) in [6.45, 7) is 1.34. The average Bonchev–Trinajstić information content (AvgIpc) is 2.73. The van der Waals surface area contributed by atoms with Crippen LogP contribution in [0.15, 0.2) is 48.7 Å². The molecule has 0 aliphatic carbocycles. The van der Waals surface area contributed by atoms with Crippen molar-refractivity contribution >= 4 is 17.8 Å². The molecule has 0 fully saturated rings. The maximum Gasteiger partial charge on any atom is 0.328 e. The number of carbonyl (C=O) groups excluding carboxylic acids is 3. The van der Waals surface area contributed by atoms with Crippen molar-refractivity contribution < 1.29 is 23.9 Å². The number of nitrogens with zero attached hydrogens (tertiary/aromatic N) is 1. The highest BCUT2D eigenvalue weighted by molar-refractivity contribution is 5.90. The molecule has 0 saturated carbocycles. The number of amides is 2. The molecule has 0 saturated heterocycles. The van der Waals surface area contributed by atoms with E-state index in [4.69, 9.17) is 9.47 Å². The molecule has 8 heteroatoms. The third kappa shape index (κ3) is 6.91. The fourth-order valence-corrected chi connectivity index (χ4v) is 2.80. The van der Waals surface area contributed by atoms with Crippen LogP contribution in [0.25, 0.3) is 0 Å². The lowest BCUT2D eigenvalue weighted by Crippen LogP contribution is -2.53. The number of ether oxygens (including phenoxy) is 2. The van der Waals surface area contributed by atoms with Gasteiger partial charge >= 0.3 is 5.97 Å². The topological polar surface area (TPSA) is 107 Å². The molecule has 0 aliphatic heterocycles. The Balaban J connectivity index is 2.13. The largest absolute Gasteiger partial charge is 0.481 e. The minimum atomic E-state index is -0.922. The number of hydrogen-bond donors (Lipinski definition) is 2. The molecule has 29 heavy (non-hydrogen) atoms. The highest BCUT2D eigenvalue weighted by Gasteiger charge is 2.27. The lowest BCUT2D eigenvalue weighted by molar-refractivity contribution is -0.145. The summed E-state index contributed by atoms with van der Waals surface area (Å²) in [5.74, 6) is -0.951. The molecule has 1 aromatic heterocycles. The summed E-state index contributed by atoms with van der Waals surface area (Å²) in [6, 6.07) is 11.0. The first-order valence-electron chi connectivity index (χ1n) is 9.11. The van der Waals surface area contributed by atoms with E-state index in [9.17, 15) is 14.4 Å². The van der Waals surface area contributed by atoms with Crippen molar-refractivity contribution in [2.45, 2.75) is 31.8 Å². The zero-order chi connectivity index (χ0) is 21.2. The number of hydrogen-bond acceptors (Lipinski definition) is 6. The normalized spacial score (nSPS) is 12.4. The molecule has 154 valence electrons. The predicted octanol–water partition coefficient (Wildman–Crippen LogP) is 1.04. The lowest BCUT2D eigenvalue weighted by Gasteiger charge is -2.22. The number of esters is 1. The van der Waals surface area contributed by atoms with Gasteiger partial charge in [-0.2, -0.15) is 0 Å². The van der Waals surface area contributed by atoms with Crippen molar-refractivity contribution in [2.75, 3.05) is 14.2 Å². The van der Waals surface area contributed by atoms with Crippen LogP contribution in [0.1, 0.15) is 18.1 Å². The zero-order valence-corrected chi connectivity index (χ0v) is 16.7. The van der Waals surface area contributed by atoms with Gasteiger partial charge < -0.3 is 20.1 Å². The Kier molecular flexibility index (Phi) is 8.14. The Bertz CT molecular complexity index is 824. The Labute approximate surface area is 169 Å². The van der Waals surface area contributed by atoms with Gasteiger partial charge in [0.25, 0.3) is 0 Å². The van der Waals surface area contributed by atoms with Crippen molar-refractivity contribution in [3.05, 3.63) is 59.8 Å². The molecule has 0 aliphatic rings. The first-order valence-corrected chi connectivity index (χ1v) is 9.11. The van der Waals surface area contributed by atoms with Crippen molar-refractivity contribution in [1.29, 1.82) is 0 Å². The standard InChI is InChI=1S/C21H25N3O5/c1-14(25)23-17(11-15-7-5-4-6-8-15)20(26)24-18(21(27)29-3)12-16-9-10-19(28-2)22-13-16/h4-10,13,17-18H,11-12H2,1-3H3,(H,23,25)(H,24,26)/t17-,18+/m1/s1. The van der Waals surface area contributed by atoms with E-state index in [1.54, 1.807) is 18.3 Å². The van der Waals surface area contributed by atoms with Crippen molar-refractivity contribution in [3.63, 3.8) is 0 Å². The number of aromatic nitrogens is 1. The Morgan fingerprint density at radius 3 is 2.17 bits per heavy atom. The molecular formula is C21H25N3O5. The van der Waals surface area contributed by atoms with Gasteiger partial charge in [-0.25, -0.2) is 9.78 Å². The Morgan fingerprint density at radius 2 is 1.62 bits per heavy atom. The molecule has 2 aromatic rings. The number of benzene rings is 1. The van der Waals surface area contributed by atoms with E-state index in [2.05, 4.69) is 15.6 Å². The SMILES string of the molecule is COC(=O)[C@H](Cc1ccc(OC)nc1)NC(=O)[C@@H](Cc1ccccc1)NC(C)=O. The molecule has 0 unspecified atom stereocenters. The van der Waals surface area contributed by atoms with Crippen LogP contribution >= 0.6 is 0 Å². The monoisotopic (exact) mass is 399 g/mol. The predicted molar refractivity (Wildman–Crippen MR) is 106 cm³/mol. The van der Waals surface area contributed by atoms with E-state index in [0.717, 1.165) is 11.1 Å². The van der Waals surface area contributed by atoms with Crippen molar-refractivity contribution in [2.24, 2.45) is 0 Å². The van der Waals surface area contributed by atoms with E-state index in [1.807, 2.05) is 30.3 Å². The van der Waals surface area contributed by atoms with E-state index >= 15 is 0 Å². The van der Waals surface area contributed by atoms with Gasteiger partial charge in [-0.05, 0) is 11.1 Å². The maximum absolute atomic E-state index is 12.8. The second-order valence-electron chi connectivity index (χ2n) is 6.44. The van der Waals surface area contributed by atoms with Crippen molar-refractivity contribution in [3.8, 4) is 5.88 Å². The smallest absolute Gasteiger partial charge is 0.328 e. The average molecular weight is 399 g/mol. The molecule has 0 radical (unpaired) electrons. The number of rotatable bonds is 9. The van der Waals surface area contributed by atoms with Crippen LogP contribution in [-0.2, 0) is 32.0 Å². The molecule has 2 rings (SSSR count). The fourth-order valence-electron chi connectivity index (χ4n) is 2.80. The van der Waals surface area contributed by atoms with Gasteiger partial charge in [0.2, 0.25) is 17.7 Å². The molecule has 2 N–H and O–H groups in total. The fraction of sp³-hybridized carbons (Fsp3) is 0.333. The van der Waals surface area contributed by atoms with Crippen LogP contribution in [0.3, 0.4) is 0 Å². The number of nitrogens with one attached hydrogen (secondary N) is 2. The van der Waals surface area contributed by atoms with Gasteiger partial charge in [-0.15, -0.1) is 0 Å². The quantitative estimate of drug-likeness (QED) is 0.610. The molecule has 2 atom stereocenters. The third-order valence-corrected chi connectivity index (χ3v) is 4.23. The van der Waals surface area contributed by atoms with Crippen LogP contribution in [0.4, 0.5) is 0 Å². The first kappa shape index (κ1) is 21.9. The molecule has 8 nitrogen and oxygen atoms in total. The summed E-state index contributed by atoms with van der Waals surface area (Å²) in [5, 5.41) is 5.32. The highest BCUT2D eigenvalue weighted by Crippen LogP contribution is 2.10. The van der Waals surface area contributed by atoms with Gasteiger partial charge in [-0.3, -0.25) is 9.59 Å². The molecule has 2 amide bonds. The summed E-state index contributed by atoms with van der Waals surface area (Å²) < 4.78 is 9.84. The van der Waals surface area contributed by atoms with Crippen LogP contribution in [0, 0.1) is 0 Å². The van der Waals surface area contributed by atoms with Crippen LogP contribution < -0.4 is 15.4 Å². The van der Waals surface area contributed by atoms with Gasteiger partial charge in [0.15, 0.2) is 0 Å².